The molecule has 0 atom stereocenters. The number of halogens is 2. The summed E-state index contributed by atoms with van der Waals surface area (Å²) in [7, 11) is 0. The van der Waals surface area contributed by atoms with Crippen molar-refractivity contribution in [2.45, 2.75) is 13.5 Å². The van der Waals surface area contributed by atoms with Crippen LogP contribution >= 0.6 is 0 Å². The van der Waals surface area contributed by atoms with Gasteiger partial charge in [-0.2, -0.15) is 15.0 Å². The Hall–Kier alpha value is -4.32. The molecule has 9 heteroatoms. The average molecular weight is 419 g/mol. The van der Waals surface area contributed by atoms with Crippen LogP contribution in [0.25, 0.3) is 5.69 Å². The maximum Gasteiger partial charge on any atom is 0.350 e. The topological polar surface area (TPSA) is 85.7 Å². The van der Waals surface area contributed by atoms with Crippen LogP contribution in [0.3, 0.4) is 0 Å². The van der Waals surface area contributed by atoms with E-state index < -0.39 is 17.3 Å². The second kappa shape index (κ2) is 8.20. The number of nitrogens with zero attached hydrogens (tertiary/aromatic N) is 5. The van der Waals surface area contributed by atoms with E-state index in [2.05, 4.69) is 10.1 Å². The molecular weight excluding hydrogens is 404 g/mol. The van der Waals surface area contributed by atoms with E-state index in [0.29, 0.717) is 28.4 Å². The van der Waals surface area contributed by atoms with Gasteiger partial charge in [0.25, 0.3) is 0 Å². The number of pyridine rings is 1. The Bertz CT molecular complexity index is 1330. The van der Waals surface area contributed by atoms with Crippen molar-refractivity contribution in [3.8, 4) is 23.3 Å². The normalized spacial score (nSPS) is 10.6. The van der Waals surface area contributed by atoms with Gasteiger partial charge in [0, 0.05) is 17.8 Å². The predicted octanol–water partition coefficient (Wildman–Crippen LogP) is 3.73. The lowest BCUT2D eigenvalue weighted by Crippen LogP contribution is -2.24. The lowest BCUT2D eigenvalue weighted by Gasteiger charge is -2.09. The van der Waals surface area contributed by atoms with E-state index >= 15 is 0 Å². The van der Waals surface area contributed by atoms with Crippen molar-refractivity contribution in [2.75, 3.05) is 0 Å². The molecule has 0 amide bonds. The lowest BCUT2D eigenvalue weighted by molar-refractivity contribution is 0.475. The van der Waals surface area contributed by atoms with Crippen LogP contribution < -0.4 is 10.4 Å². The first-order chi connectivity index (χ1) is 15.0. The zero-order valence-corrected chi connectivity index (χ0v) is 16.3. The number of benzene rings is 2. The van der Waals surface area contributed by atoms with E-state index in [1.54, 1.807) is 37.3 Å². The first-order valence-electron chi connectivity index (χ1n) is 9.18. The average Bonchev–Trinajstić information content (AvgIpc) is 3.13. The standard InChI is InChI=1S/C22H15F2N5O2/c1-14-21(9-15(10-25)11-26-14)31-17-7-5-16(6-8-17)29-22(30)28(13-27-29)12-18-19(23)3-2-4-20(18)24/h2-9,11,13H,12H2,1H3. The summed E-state index contributed by atoms with van der Waals surface area (Å²) in [5, 5.41) is 13.0. The minimum Gasteiger partial charge on any atom is -0.455 e. The number of ether oxygens (including phenoxy) is 1. The van der Waals surface area contributed by atoms with Gasteiger partial charge in [0.2, 0.25) is 0 Å². The molecule has 0 N–H and O–H groups in total. The monoisotopic (exact) mass is 419 g/mol. The fourth-order valence-electron chi connectivity index (χ4n) is 2.93. The summed E-state index contributed by atoms with van der Waals surface area (Å²) in [5.74, 6) is -0.539. The fourth-order valence-corrected chi connectivity index (χ4v) is 2.93. The van der Waals surface area contributed by atoms with Gasteiger partial charge < -0.3 is 4.74 Å². The minimum atomic E-state index is -0.730. The van der Waals surface area contributed by atoms with E-state index in [1.807, 2.05) is 6.07 Å². The van der Waals surface area contributed by atoms with E-state index in [-0.39, 0.29) is 12.1 Å². The first kappa shape index (κ1) is 20.0. The van der Waals surface area contributed by atoms with Gasteiger partial charge in [-0.25, -0.2) is 13.6 Å². The minimum absolute atomic E-state index is 0.212. The van der Waals surface area contributed by atoms with Gasteiger partial charge in [-0.15, -0.1) is 0 Å². The molecule has 2 heterocycles. The molecule has 0 radical (unpaired) electrons. The number of hydrogen-bond donors (Lipinski definition) is 0. The van der Waals surface area contributed by atoms with Crippen LogP contribution in [-0.4, -0.2) is 19.3 Å². The Balaban J connectivity index is 1.57. The summed E-state index contributed by atoms with van der Waals surface area (Å²) in [6.07, 6.45) is 2.68. The van der Waals surface area contributed by atoms with Crippen LogP contribution in [0.5, 0.6) is 11.5 Å². The molecule has 2 aromatic heterocycles. The molecular formula is C22H15F2N5O2. The van der Waals surface area contributed by atoms with Gasteiger partial charge in [-0.1, -0.05) is 6.07 Å². The molecule has 0 aliphatic rings. The highest BCUT2D eigenvalue weighted by Crippen LogP contribution is 2.25. The molecule has 0 unspecified atom stereocenters. The molecule has 4 aromatic rings. The van der Waals surface area contributed by atoms with Crippen LogP contribution in [0.1, 0.15) is 16.8 Å². The highest BCUT2D eigenvalue weighted by atomic mass is 19.1. The van der Waals surface area contributed by atoms with Gasteiger partial charge >= 0.3 is 5.69 Å². The molecule has 4 rings (SSSR count). The summed E-state index contributed by atoms with van der Waals surface area (Å²) in [6.45, 7) is 1.48. The molecule has 0 saturated heterocycles. The number of hydrogen-bond acceptors (Lipinski definition) is 5. The molecule has 0 aliphatic carbocycles. The molecule has 0 fully saturated rings. The summed E-state index contributed by atoms with van der Waals surface area (Å²) in [4.78, 5) is 16.7. The lowest BCUT2D eigenvalue weighted by atomic mass is 10.2. The molecule has 31 heavy (non-hydrogen) atoms. The summed E-state index contributed by atoms with van der Waals surface area (Å²) in [5.41, 5.74) is 0.694. The summed E-state index contributed by atoms with van der Waals surface area (Å²) in [6, 6.07) is 13.6. The third-order valence-electron chi connectivity index (χ3n) is 4.60. The van der Waals surface area contributed by atoms with Gasteiger partial charge in [0.05, 0.1) is 23.5 Å². The van der Waals surface area contributed by atoms with Gasteiger partial charge in [-0.05, 0) is 43.3 Å². The SMILES string of the molecule is Cc1ncc(C#N)cc1Oc1ccc(-n2ncn(Cc3c(F)cccc3F)c2=O)cc1. The molecule has 0 saturated carbocycles. The van der Waals surface area contributed by atoms with Crippen molar-refractivity contribution < 1.29 is 13.5 Å². The van der Waals surface area contributed by atoms with Crippen molar-refractivity contribution in [1.82, 2.24) is 19.3 Å². The maximum atomic E-state index is 13.9. The molecule has 2 aromatic carbocycles. The van der Waals surface area contributed by atoms with Crippen LogP contribution in [0.2, 0.25) is 0 Å². The second-order valence-electron chi connectivity index (χ2n) is 6.67. The molecule has 0 bridgehead atoms. The highest BCUT2D eigenvalue weighted by molar-refractivity contribution is 5.42. The Labute approximate surface area is 175 Å². The van der Waals surface area contributed by atoms with Crippen molar-refractivity contribution in [3.05, 3.63) is 100.0 Å². The zero-order valence-electron chi connectivity index (χ0n) is 16.3. The number of aryl methyl sites for hydroxylation is 1. The number of nitriles is 1. The van der Waals surface area contributed by atoms with Crippen molar-refractivity contribution >= 4 is 0 Å². The molecule has 0 aliphatic heterocycles. The molecule has 0 spiro atoms. The van der Waals surface area contributed by atoms with Crippen LogP contribution in [0, 0.1) is 29.9 Å². The predicted molar refractivity (Wildman–Crippen MR) is 107 cm³/mol. The van der Waals surface area contributed by atoms with E-state index in [0.717, 1.165) is 21.4 Å². The smallest absolute Gasteiger partial charge is 0.350 e. The second-order valence-corrected chi connectivity index (χ2v) is 6.67. The van der Waals surface area contributed by atoms with Gasteiger partial charge in [0.1, 0.15) is 35.5 Å². The zero-order chi connectivity index (χ0) is 22.0. The quantitative estimate of drug-likeness (QED) is 0.492. The van der Waals surface area contributed by atoms with Gasteiger partial charge in [-0.3, -0.25) is 9.55 Å². The molecule has 154 valence electrons. The van der Waals surface area contributed by atoms with E-state index in [9.17, 15) is 13.6 Å². The Morgan fingerprint density at radius 2 is 1.84 bits per heavy atom. The fraction of sp³-hybridized carbons (Fsp3) is 0.0909. The van der Waals surface area contributed by atoms with Crippen LogP contribution in [0.15, 0.2) is 65.8 Å². The number of aromatic nitrogens is 4. The van der Waals surface area contributed by atoms with Crippen molar-refractivity contribution in [3.63, 3.8) is 0 Å². The Morgan fingerprint density at radius 3 is 2.52 bits per heavy atom. The van der Waals surface area contributed by atoms with Crippen LogP contribution in [0.4, 0.5) is 8.78 Å². The highest BCUT2D eigenvalue weighted by Gasteiger charge is 2.13. The maximum absolute atomic E-state index is 13.9. The largest absolute Gasteiger partial charge is 0.455 e. The van der Waals surface area contributed by atoms with Crippen molar-refractivity contribution in [1.29, 1.82) is 5.26 Å². The van der Waals surface area contributed by atoms with E-state index in [4.69, 9.17) is 10.00 Å². The Kier molecular flexibility index (Phi) is 5.28. The first-order valence-corrected chi connectivity index (χ1v) is 9.18. The van der Waals surface area contributed by atoms with Crippen molar-refractivity contribution in [2.24, 2.45) is 0 Å². The summed E-state index contributed by atoms with van der Waals surface area (Å²) < 4.78 is 35.8. The van der Waals surface area contributed by atoms with Gasteiger partial charge in [0.15, 0.2) is 0 Å². The third kappa shape index (κ3) is 4.04. The Morgan fingerprint density at radius 1 is 1.13 bits per heavy atom. The van der Waals surface area contributed by atoms with E-state index in [1.165, 1.54) is 18.6 Å². The number of rotatable bonds is 5. The summed E-state index contributed by atoms with van der Waals surface area (Å²) >= 11 is 0. The third-order valence-corrected chi connectivity index (χ3v) is 4.60. The van der Waals surface area contributed by atoms with Crippen LogP contribution in [-0.2, 0) is 6.54 Å². The molecule has 7 nitrogen and oxygen atoms in total.